The Bertz CT molecular complexity index is 611. The summed E-state index contributed by atoms with van der Waals surface area (Å²) in [5.41, 5.74) is 2.51. The van der Waals surface area contributed by atoms with Crippen molar-refractivity contribution in [2.24, 2.45) is 5.84 Å². The first-order valence-electron chi connectivity index (χ1n) is 6.40. The highest BCUT2D eigenvalue weighted by Gasteiger charge is 2.22. The third kappa shape index (κ3) is 3.34. The highest BCUT2D eigenvalue weighted by molar-refractivity contribution is 5.38. The maximum absolute atomic E-state index is 13.9. The van der Waals surface area contributed by atoms with E-state index in [0.29, 0.717) is 30.1 Å². The van der Waals surface area contributed by atoms with E-state index in [1.165, 1.54) is 0 Å². The van der Waals surface area contributed by atoms with Gasteiger partial charge in [-0.1, -0.05) is 12.1 Å². The standard InChI is InChI=1S/C15H15F3N2O/c1-2-21-11-5-3-4-9(6-11)15(20-19)14-12(17)7-10(16)8-13(14)18/h3-8,15,20H,2,19H2,1H3. The second-order valence-electron chi connectivity index (χ2n) is 4.39. The minimum absolute atomic E-state index is 0.340. The summed E-state index contributed by atoms with van der Waals surface area (Å²) in [5.74, 6) is 2.99. The molecule has 0 amide bonds. The Morgan fingerprint density at radius 3 is 2.38 bits per heavy atom. The monoisotopic (exact) mass is 296 g/mol. The maximum Gasteiger partial charge on any atom is 0.134 e. The first-order chi connectivity index (χ1) is 10.1. The molecule has 0 radical (unpaired) electrons. The molecule has 112 valence electrons. The van der Waals surface area contributed by atoms with E-state index in [1.54, 1.807) is 24.3 Å². The maximum atomic E-state index is 13.9. The molecule has 0 fully saturated rings. The van der Waals surface area contributed by atoms with Gasteiger partial charge in [-0.05, 0) is 24.6 Å². The van der Waals surface area contributed by atoms with Gasteiger partial charge in [0.2, 0.25) is 0 Å². The first kappa shape index (κ1) is 15.3. The topological polar surface area (TPSA) is 47.3 Å². The normalized spacial score (nSPS) is 12.2. The van der Waals surface area contributed by atoms with Crippen LogP contribution in [-0.4, -0.2) is 6.61 Å². The van der Waals surface area contributed by atoms with E-state index in [-0.39, 0.29) is 5.56 Å². The van der Waals surface area contributed by atoms with Gasteiger partial charge in [0.05, 0.1) is 12.6 Å². The van der Waals surface area contributed by atoms with Crippen molar-refractivity contribution in [2.75, 3.05) is 6.61 Å². The molecule has 1 atom stereocenters. The molecule has 0 spiro atoms. The largest absolute Gasteiger partial charge is 0.494 e. The highest BCUT2D eigenvalue weighted by atomic mass is 19.1. The lowest BCUT2D eigenvalue weighted by Crippen LogP contribution is -2.30. The fourth-order valence-corrected chi connectivity index (χ4v) is 2.13. The molecule has 3 nitrogen and oxygen atoms in total. The van der Waals surface area contributed by atoms with E-state index < -0.39 is 23.5 Å². The van der Waals surface area contributed by atoms with Crippen LogP contribution < -0.4 is 16.0 Å². The number of rotatable bonds is 5. The molecule has 0 aliphatic carbocycles. The summed E-state index contributed by atoms with van der Waals surface area (Å²) in [6.07, 6.45) is 0. The Hall–Kier alpha value is -2.05. The predicted molar refractivity (Wildman–Crippen MR) is 73.1 cm³/mol. The van der Waals surface area contributed by atoms with Gasteiger partial charge in [-0.25, -0.2) is 18.6 Å². The van der Waals surface area contributed by atoms with Crippen LogP contribution in [0.4, 0.5) is 13.2 Å². The SMILES string of the molecule is CCOc1cccc(C(NN)c2c(F)cc(F)cc2F)c1. The summed E-state index contributed by atoms with van der Waals surface area (Å²) < 4.78 is 46.1. The molecule has 2 aromatic rings. The van der Waals surface area contributed by atoms with Crippen LogP contribution in [0.25, 0.3) is 0 Å². The number of ether oxygens (including phenoxy) is 1. The second-order valence-corrected chi connectivity index (χ2v) is 4.39. The quantitative estimate of drug-likeness (QED) is 0.658. The molecule has 6 heteroatoms. The fraction of sp³-hybridized carbons (Fsp3) is 0.200. The summed E-state index contributed by atoms with van der Waals surface area (Å²) >= 11 is 0. The van der Waals surface area contributed by atoms with Crippen LogP contribution in [0.2, 0.25) is 0 Å². The van der Waals surface area contributed by atoms with Crippen molar-refractivity contribution >= 4 is 0 Å². The molecule has 2 aromatic carbocycles. The van der Waals surface area contributed by atoms with E-state index in [0.717, 1.165) is 0 Å². The molecular formula is C15H15F3N2O. The molecule has 0 bridgehead atoms. The van der Waals surface area contributed by atoms with E-state index in [1.807, 2.05) is 6.92 Å². The van der Waals surface area contributed by atoms with Crippen LogP contribution in [0.15, 0.2) is 36.4 Å². The smallest absolute Gasteiger partial charge is 0.134 e. The zero-order valence-electron chi connectivity index (χ0n) is 11.4. The van der Waals surface area contributed by atoms with Crippen molar-refractivity contribution < 1.29 is 17.9 Å². The van der Waals surface area contributed by atoms with Gasteiger partial charge in [0.1, 0.15) is 23.2 Å². The number of nitrogens with two attached hydrogens (primary N) is 1. The molecule has 1 unspecified atom stereocenters. The number of benzene rings is 2. The minimum atomic E-state index is -1.00. The van der Waals surface area contributed by atoms with Gasteiger partial charge < -0.3 is 4.74 Å². The third-order valence-electron chi connectivity index (χ3n) is 3.00. The lowest BCUT2D eigenvalue weighted by atomic mass is 9.98. The van der Waals surface area contributed by atoms with Gasteiger partial charge in [0.15, 0.2) is 0 Å². The van der Waals surface area contributed by atoms with Crippen molar-refractivity contribution in [3.05, 3.63) is 65.0 Å². The van der Waals surface area contributed by atoms with Gasteiger partial charge in [0, 0.05) is 17.7 Å². The zero-order chi connectivity index (χ0) is 15.4. The Morgan fingerprint density at radius 2 is 1.81 bits per heavy atom. The lowest BCUT2D eigenvalue weighted by Gasteiger charge is -2.19. The first-order valence-corrected chi connectivity index (χ1v) is 6.40. The fourth-order valence-electron chi connectivity index (χ4n) is 2.13. The van der Waals surface area contributed by atoms with Crippen LogP contribution in [-0.2, 0) is 0 Å². The Kier molecular flexibility index (Phi) is 4.82. The molecule has 2 rings (SSSR count). The van der Waals surface area contributed by atoms with Crippen molar-refractivity contribution in [1.29, 1.82) is 0 Å². The average Bonchev–Trinajstić information content (AvgIpc) is 2.43. The molecule has 3 N–H and O–H groups in total. The van der Waals surface area contributed by atoms with Gasteiger partial charge in [-0.2, -0.15) is 0 Å². The Labute approximate surface area is 120 Å². The van der Waals surface area contributed by atoms with Crippen LogP contribution in [0.3, 0.4) is 0 Å². The van der Waals surface area contributed by atoms with Gasteiger partial charge >= 0.3 is 0 Å². The molecule has 0 saturated heterocycles. The number of halogens is 3. The second kappa shape index (κ2) is 6.60. The number of nitrogens with one attached hydrogen (secondary N) is 1. The van der Waals surface area contributed by atoms with Crippen LogP contribution in [0.1, 0.15) is 24.1 Å². The van der Waals surface area contributed by atoms with Crippen molar-refractivity contribution in [3.8, 4) is 5.75 Å². The minimum Gasteiger partial charge on any atom is -0.494 e. The summed E-state index contributed by atoms with van der Waals surface area (Å²) in [4.78, 5) is 0. The summed E-state index contributed by atoms with van der Waals surface area (Å²) in [7, 11) is 0. The summed E-state index contributed by atoms with van der Waals surface area (Å²) in [6.45, 7) is 2.29. The van der Waals surface area contributed by atoms with Crippen LogP contribution in [0, 0.1) is 17.5 Å². The van der Waals surface area contributed by atoms with E-state index >= 15 is 0 Å². The molecule has 0 heterocycles. The highest BCUT2D eigenvalue weighted by Crippen LogP contribution is 2.29. The van der Waals surface area contributed by atoms with Crippen molar-refractivity contribution in [2.45, 2.75) is 13.0 Å². The van der Waals surface area contributed by atoms with Crippen LogP contribution in [0.5, 0.6) is 5.75 Å². The molecular weight excluding hydrogens is 281 g/mol. The number of hydrogen-bond acceptors (Lipinski definition) is 3. The molecule has 0 aliphatic heterocycles. The van der Waals surface area contributed by atoms with E-state index in [9.17, 15) is 13.2 Å². The van der Waals surface area contributed by atoms with E-state index in [4.69, 9.17) is 10.6 Å². The number of hydrogen-bond donors (Lipinski definition) is 2. The summed E-state index contributed by atoms with van der Waals surface area (Å²) in [5, 5.41) is 0. The van der Waals surface area contributed by atoms with Gasteiger partial charge in [-0.3, -0.25) is 5.84 Å². The van der Waals surface area contributed by atoms with Gasteiger partial charge in [-0.15, -0.1) is 0 Å². The summed E-state index contributed by atoms with van der Waals surface area (Å²) in [6, 6.07) is 6.96. The predicted octanol–water partition coefficient (Wildman–Crippen LogP) is 3.06. The molecule has 0 aromatic heterocycles. The molecule has 0 saturated carbocycles. The van der Waals surface area contributed by atoms with Crippen molar-refractivity contribution in [1.82, 2.24) is 5.43 Å². The van der Waals surface area contributed by atoms with Crippen LogP contribution >= 0.6 is 0 Å². The molecule has 0 aliphatic rings. The Morgan fingerprint density at radius 1 is 1.14 bits per heavy atom. The lowest BCUT2D eigenvalue weighted by molar-refractivity contribution is 0.339. The zero-order valence-corrected chi connectivity index (χ0v) is 11.4. The third-order valence-corrected chi connectivity index (χ3v) is 3.00. The van der Waals surface area contributed by atoms with Crippen molar-refractivity contribution in [3.63, 3.8) is 0 Å². The number of hydrazine groups is 1. The van der Waals surface area contributed by atoms with E-state index in [2.05, 4.69) is 5.43 Å². The van der Waals surface area contributed by atoms with Gasteiger partial charge in [0.25, 0.3) is 0 Å². The Balaban J connectivity index is 2.47. The average molecular weight is 296 g/mol. The molecule has 21 heavy (non-hydrogen) atoms.